The van der Waals surface area contributed by atoms with Crippen LogP contribution in [0.1, 0.15) is 64.0 Å². The number of benzene rings is 2. The first-order chi connectivity index (χ1) is 12.4. The molecule has 140 valence electrons. The molecule has 2 aromatic carbocycles. The molecule has 0 aromatic heterocycles. The standard InChI is InChI=1S/C24H33NO/c1-19(2)20-10-12-22(13-11-20)25-16-14-24(21-8-6-5-7-9-21)15-17-26-23(3,4)18-24/h5-13,19,25H,14-18H2,1-4H3. The van der Waals surface area contributed by atoms with Gasteiger partial charge in [-0.15, -0.1) is 0 Å². The molecule has 0 saturated carbocycles. The molecule has 0 aliphatic carbocycles. The van der Waals surface area contributed by atoms with E-state index in [4.69, 9.17) is 4.74 Å². The van der Waals surface area contributed by atoms with Gasteiger partial charge in [0.05, 0.1) is 5.60 Å². The summed E-state index contributed by atoms with van der Waals surface area (Å²) in [4.78, 5) is 0. The summed E-state index contributed by atoms with van der Waals surface area (Å²) in [6.07, 6.45) is 3.28. The lowest BCUT2D eigenvalue weighted by molar-refractivity contribution is -0.0834. The summed E-state index contributed by atoms with van der Waals surface area (Å²) in [6, 6.07) is 19.9. The van der Waals surface area contributed by atoms with E-state index in [2.05, 4.69) is 87.6 Å². The zero-order valence-electron chi connectivity index (χ0n) is 16.7. The summed E-state index contributed by atoms with van der Waals surface area (Å²) in [6.45, 7) is 10.7. The third kappa shape index (κ3) is 4.48. The molecular weight excluding hydrogens is 318 g/mol. The number of nitrogens with one attached hydrogen (secondary N) is 1. The lowest BCUT2D eigenvalue weighted by Crippen LogP contribution is -2.44. The summed E-state index contributed by atoms with van der Waals surface area (Å²) in [5.41, 5.74) is 4.18. The topological polar surface area (TPSA) is 21.3 Å². The second-order valence-electron chi connectivity index (χ2n) is 8.63. The Balaban J connectivity index is 1.70. The van der Waals surface area contributed by atoms with Crippen LogP contribution in [-0.2, 0) is 10.2 Å². The van der Waals surface area contributed by atoms with Gasteiger partial charge in [-0.05, 0) is 62.3 Å². The number of rotatable bonds is 6. The molecule has 1 unspecified atom stereocenters. The van der Waals surface area contributed by atoms with Crippen molar-refractivity contribution in [2.24, 2.45) is 0 Å². The molecule has 1 atom stereocenters. The lowest BCUT2D eigenvalue weighted by atomic mass is 9.67. The predicted molar refractivity (Wildman–Crippen MR) is 111 cm³/mol. The molecule has 1 N–H and O–H groups in total. The SMILES string of the molecule is CC(C)c1ccc(NCCC2(c3ccccc3)CCOC(C)(C)C2)cc1. The highest BCUT2D eigenvalue weighted by molar-refractivity contribution is 5.45. The number of hydrogen-bond acceptors (Lipinski definition) is 2. The zero-order valence-corrected chi connectivity index (χ0v) is 16.7. The number of ether oxygens (including phenoxy) is 1. The molecule has 1 fully saturated rings. The normalized spacial score (nSPS) is 22.3. The van der Waals surface area contributed by atoms with E-state index < -0.39 is 0 Å². The van der Waals surface area contributed by atoms with Gasteiger partial charge in [0.2, 0.25) is 0 Å². The largest absolute Gasteiger partial charge is 0.385 e. The first kappa shape index (κ1) is 19.0. The van der Waals surface area contributed by atoms with Gasteiger partial charge < -0.3 is 10.1 Å². The molecule has 0 spiro atoms. The molecule has 26 heavy (non-hydrogen) atoms. The molecule has 0 radical (unpaired) electrons. The van der Waals surface area contributed by atoms with Gasteiger partial charge in [0.15, 0.2) is 0 Å². The highest BCUT2D eigenvalue weighted by atomic mass is 16.5. The molecular formula is C24H33NO. The Morgan fingerprint density at radius 3 is 2.31 bits per heavy atom. The Hall–Kier alpha value is -1.80. The Kier molecular flexibility index (Phi) is 5.72. The third-order valence-electron chi connectivity index (χ3n) is 5.73. The van der Waals surface area contributed by atoms with Crippen molar-refractivity contribution in [2.75, 3.05) is 18.5 Å². The van der Waals surface area contributed by atoms with Gasteiger partial charge in [0.1, 0.15) is 0 Å². The van der Waals surface area contributed by atoms with E-state index in [0.717, 1.165) is 32.4 Å². The average Bonchev–Trinajstić information content (AvgIpc) is 2.62. The van der Waals surface area contributed by atoms with Crippen molar-refractivity contribution in [2.45, 2.75) is 63.9 Å². The summed E-state index contributed by atoms with van der Waals surface area (Å²) in [5.74, 6) is 0.579. The Labute approximate surface area is 159 Å². The molecule has 1 aliphatic rings. The fourth-order valence-electron chi connectivity index (χ4n) is 4.30. The van der Waals surface area contributed by atoms with Crippen LogP contribution in [0.4, 0.5) is 5.69 Å². The maximum atomic E-state index is 6.02. The Bertz CT molecular complexity index is 690. The van der Waals surface area contributed by atoms with Crippen molar-refractivity contribution >= 4 is 5.69 Å². The highest BCUT2D eigenvalue weighted by Gasteiger charge is 2.41. The summed E-state index contributed by atoms with van der Waals surface area (Å²) < 4.78 is 6.02. The Morgan fingerprint density at radius 2 is 1.69 bits per heavy atom. The van der Waals surface area contributed by atoms with Crippen molar-refractivity contribution in [3.63, 3.8) is 0 Å². The van der Waals surface area contributed by atoms with Gasteiger partial charge in [-0.1, -0.05) is 56.3 Å². The van der Waals surface area contributed by atoms with E-state index in [9.17, 15) is 0 Å². The van der Waals surface area contributed by atoms with E-state index in [0.29, 0.717) is 5.92 Å². The van der Waals surface area contributed by atoms with Crippen LogP contribution in [-0.4, -0.2) is 18.8 Å². The second-order valence-corrected chi connectivity index (χ2v) is 8.63. The maximum absolute atomic E-state index is 6.02. The summed E-state index contributed by atoms with van der Waals surface area (Å²) >= 11 is 0. The van der Waals surface area contributed by atoms with Gasteiger partial charge in [0.25, 0.3) is 0 Å². The third-order valence-corrected chi connectivity index (χ3v) is 5.73. The molecule has 2 heteroatoms. The van der Waals surface area contributed by atoms with Crippen LogP contribution in [0.25, 0.3) is 0 Å². The van der Waals surface area contributed by atoms with Crippen LogP contribution >= 0.6 is 0 Å². The van der Waals surface area contributed by atoms with Gasteiger partial charge in [-0.3, -0.25) is 0 Å². The minimum atomic E-state index is -0.0625. The van der Waals surface area contributed by atoms with Crippen LogP contribution in [0.2, 0.25) is 0 Å². The molecule has 1 aliphatic heterocycles. The van der Waals surface area contributed by atoms with Gasteiger partial charge in [-0.2, -0.15) is 0 Å². The van der Waals surface area contributed by atoms with Gasteiger partial charge in [0, 0.05) is 24.3 Å². The van der Waals surface area contributed by atoms with Gasteiger partial charge in [-0.25, -0.2) is 0 Å². The van der Waals surface area contributed by atoms with Crippen molar-refractivity contribution < 1.29 is 4.74 Å². The molecule has 3 rings (SSSR count). The van der Waals surface area contributed by atoms with Crippen LogP contribution < -0.4 is 5.32 Å². The summed E-state index contributed by atoms with van der Waals surface area (Å²) in [5, 5.41) is 3.64. The van der Waals surface area contributed by atoms with E-state index in [-0.39, 0.29) is 11.0 Å². The lowest BCUT2D eigenvalue weighted by Gasteiger charge is -2.45. The molecule has 1 heterocycles. The molecule has 0 amide bonds. The van der Waals surface area contributed by atoms with E-state index in [1.807, 2.05) is 0 Å². The second kappa shape index (κ2) is 7.84. The minimum Gasteiger partial charge on any atom is -0.385 e. The molecule has 2 aromatic rings. The predicted octanol–water partition coefficient (Wildman–Crippen LogP) is 6.14. The minimum absolute atomic E-state index is 0.0625. The van der Waals surface area contributed by atoms with Crippen molar-refractivity contribution in [3.05, 3.63) is 65.7 Å². The quantitative estimate of drug-likeness (QED) is 0.675. The number of hydrogen-bond donors (Lipinski definition) is 1. The van der Waals surface area contributed by atoms with Crippen molar-refractivity contribution in [1.29, 1.82) is 0 Å². The van der Waals surface area contributed by atoms with Crippen LogP contribution in [0.15, 0.2) is 54.6 Å². The fraction of sp³-hybridized carbons (Fsp3) is 0.500. The molecule has 2 nitrogen and oxygen atoms in total. The first-order valence-electron chi connectivity index (χ1n) is 9.94. The smallest absolute Gasteiger partial charge is 0.0635 e. The fourth-order valence-corrected chi connectivity index (χ4v) is 4.30. The van der Waals surface area contributed by atoms with E-state index >= 15 is 0 Å². The Morgan fingerprint density at radius 1 is 1.00 bits per heavy atom. The average molecular weight is 352 g/mol. The zero-order chi connectivity index (χ0) is 18.6. The van der Waals surface area contributed by atoms with E-state index in [1.54, 1.807) is 0 Å². The monoisotopic (exact) mass is 351 g/mol. The first-order valence-corrected chi connectivity index (χ1v) is 9.94. The highest BCUT2D eigenvalue weighted by Crippen LogP contribution is 2.43. The number of anilines is 1. The van der Waals surface area contributed by atoms with E-state index in [1.165, 1.54) is 16.8 Å². The van der Waals surface area contributed by atoms with Crippen molar-refractivity contribution in [1.82, 2.24) is 0 Å². The van der Waals surface area contributed by atoms with Crippen molar-refractivity contribution in [3.8, 4) is 0 Å². The van der Waals surface area contributed by atoms with Crippen LogP contribution in [0, 0.1) is 0 Å². The molecule has 1 saturated heterocycles. The summed E-state index contributed by atoms with van der Waals surface area (Å²) in [7, 11) is 0. The van der Waals surface area contributed by atoms with Crippen LogP contribution in [0.3, 0.4) is 0 Å². The van der Waals surface area contributed by atoms with Crippen LogP contribution in [0.5, 0.6) is 0 Å². The van der Waals surface area contributed by atoms with Gasteiger partial charge >= 0.3 is 0 Å². The molecule has 0 bridgehead atoms. The maximum Gasteiger partial charge on any atom is 0.0635 e.